The summed E-state index contributed by atoms with van der Waals surface area (Å²) >= 11 is 0. The molecular formula is C26H26N6O. The topological polar surface area (TPSA) is 74.2 Å². The van der Waals surface area contributed by atoms with Gasteiger partial charge in [-0.25, -0.2) is 15.0 Å². The molecule has 0 spiro atoms. The number of benzene rings is 2. The molecule has 2 aromatic heterocycles. The highest BCUT2D eigenvalue weighted by atomic mass is 16.2. The van der Waals surface area contributed by atoms with E-state index in [1.54, 1.807) is 12.5 Å². The number of hydrogen-bond donors (Lipinski definition) is 1. The van der Waals surface area contributed by atoms with E-state index in [1.165, 1.54) is 5.39 Å². The zero-order valence-electron chi connectivity index (χ0n) is 18.6. The minimum absolute atomic E-state index is 0.168. The van der Waals surface area contributed by atoms with Gasteiger partial charge < -0.3 is 15.1 Å². The van der Waals surface area contributed by atoms with E-state index in [9.17, 15) is 4.79 Å². The number of hydrogen-bond acceptors (Lipinski definition) is 6. The molecule has 0 saturated carbocycles. The molecule has 0 atom stereocenters. The van der Waals surface area contributed by atoms with Crippen molar-refractivity contribution in [3.05, 3.63) is 84.3 Å². The predicted octanol–water partition coefficient (Wildman–Crippen LogP) is 3.97. The standard InChI is InChI=1S/C26H26N6O/c1-19-9-10-27-23(15-19)30-24-17-25(29-18-28-24)31-11-13-32(14-12-31)26(33)16-21-7-4-6-20-5-2-3-8-22(20)21/h2-10,15,17-18H,11-14,16H2,1H3,(H,27,28,29,30). The predicted molar refractivity (Wildman–Crippen MR) is 131 cm³/mol. The van der Waals surface area contributed by atoms with Crippen LogP contribution in [-0.4, -0.2) is 51.9 Å². The number of pyridine rings is 1. The number of nitrogens with zero attached hydrogens (tertiary/aromatic N) is 5. The molecule has 1 aliphatic heterocycles. The molecule has 1 amide bonds. The molecular weight excluding hydrogens is 412 g/mol. The molecule has 0 radical (unpaired) electrons. The summed E-state index contributed by atoms with van der Waals surface area (Å²) in [7, 11) is 0. The molecule has 7 nitrogen and oxygen atoms in total. The number of carbonyl (C=O) groups is 1. The summed E-state index contributed by atoms with van der Waals surface area (Å²) in [4.78, 5) is 30.2. The van der Waals surface area contributed by atoms with Gasteiger partial charge in [0.05, 0.1) is 6.42 Å². The lowest BCUT2D eigenvalue weighted by Crippen LogP contribution is -2.49. The van der Waals surface area contributed by atoms with Crippen LogP contribution in [0.15, 0.2) is 73.2 Å². The van der Waals surface area contributed by atoms with Gasteiger partial charge in [0.2, 0.25) is 5.91 Å². The molecule has 1 N–H and O–H groups in total. The lowest BCUT2D eigenvalue weighted by Gasteiger charge is -2.35. The van der Waals surface area contributed by atoms with E-state index in [-0.39, 0.29) is 5.91 Å². The quantitative estimate of drug-likeness (QED) is 0.508. The fraction of sp³-hybridized carbons (Fsp3) is 0.231. The average molecular weight is 439 g/mol. The highest BCUT2D eigenvalue weighted by molar-refractivity contribution is 5.90. The van der Waals surface area contributed by atoms with Crippen molar-refractivity contribution in [1.29, 1.82) is 0 Å². The fourth-order valence-electron chi connectivity index (χ4n) is 4.23. The van der Waals surface area contributed by atoms with Crippen molar-refractivity contribution < 1.29 is 4.79 Å². The Balaban J connectivity index is 1.21. The van der Waals surface area contributed by atoms with Crippen molar-refractivity contribution >= 4 is 34.1 Å². The van der Waals surface area contributed by atoms with Gasteiger partial charge in [0.25, 0.3) is 0 Å². The third-order valence-corrected chi connectivity index (χ3v) is 6.00. The molecule has 1 fully saturated rings. The summed E-state index contributed by atoms with van der Waals surface area (Å²) in [5.41, 5.74) is 2.21. The first-order valence-corrected chi connectivity index (χ1v) is 11.2. The van der Waals surface area contributed by atoms with Gasteiger partial charge in [0, 0.05) is 38.4 Å². The van der Waals surface area contributed by atoms with Crippen LogP contribution < -0.4 is 10.2 Å². The van der Waals surface area contributed by atoms with Gasteiger partial charge in [-0.15, -0.1) is 0 Å². The van der Waals surface area contributed by atoms with Crippen molar-refractivity contribution in [3.63, 3.8) is 0 Å². The second-order valence-electron chi connectivity index (χ2n) is 8.29. The molecule has 7 heteroatoms. The highest BCUT2D eigenvalue weighted by Gasteiger charge is 2.22. The first-order chi connectivity index (χ1) is 16.2. The number of carbonyl (C=O) groups excluding carboxylic acids is 1. The number of amides is 1. The SMILES string of the molecule is Cc1ccnc(Nc2cc(N3CCN(C(=O)Cc4cccc5ccccc45)CC3)ncn2)c1. The lowest BCUT2D eigenvalue weighted by atomic mass is 10.0. The number of anilines is 3. The van der Waals surface area contributed by atoms with Crippen LogP contribution in [0.25, 0.3) is 10.8 Å². The first kappa shape index (κ1) is 20.9. The molecule has 1 saturated heterocycles. The number of rotatable bonds is 5. The maximum atomic E-state index is 13.0. The summed E-state index contributed by atoms with van der Waals surface area (Å²) in [6.07, 6.45) is 3.76. The van der Waals surface area contributed by atoms with Gasteiger partial charge in [0.1, 0.15) is 23.8 Å². The Morgan fingerprint density at radius 3 is 2.55 bits per heavy atom. The van der Waals surface area contributed by atoms with Crippen LogP contribution in [0.4, 0.5) is 17.5 Å². The second kappa shape index (κ2) is 9.24. The van der Waals surface area contributed by atoms with E-state index in [1.807, 2.05) is 48.2 Å². The largest absolute Gasteiger partial charge is 0.353 e. The van der Waals surface area contributed by atoms with Crippen molar-refractivity contribution in [3.8, 4) is 0 Å². The van der Waals surface area contributed by atoms with E-state index < -0.39 is 0 Å². The molecule has 0 unspecified atom stereocenters. The molecule has 3 heterocycles. The van der Waals surface area contributed by atoms with Gasteiger partial charge in [0.15, 0.2) is 0 Å². The van der Waals surface area contributed by atoms with Crippen LogP contribution in [0.1, 0.15) is 11.1 Å². The Morgan fingerprint density at radius 1 is 0.909 bits per heavy atom. The van der Waals surface area contributed by atoms with Crippen LogP contribution in [-0.2, 0) is 11.2 Å². The second-order valence-corrected chi connectivity index (χ2v) is 8.29. The minimum Gasteiger partial charge on any atom is -0.353 e. The van der Waals surface area contributed by atoms with E-state index in [2.05, 4.69) is 49.4 Å². The molecule has 2 aromatic carbocycles. The third kappa shape index (κ3) is 4.77. The molecule has 4 aromatic rings. The maximum Gasteiger partial charge on any atom is 0.227 e. The highest BCUT2D eigenvalue weighted by Crippen LogP contribution is 2.21. The summed E-state index contributed by atoms with van der Waals surface area (Å²) in [5.74, 6) is 2.47. The molecule has 0 bridgehead atoms. The number of nitrogens with one attached hydrogen (secondary N) is 1. The van der Waals surface area contributed by atoms with Gasteiger partial charge in [-0.05, 0) is 41.0 Å². The van der Waals surface area contributed by atoms with Gasteiger partial charge in [-0.3, -0.25) is 4.79 Å². The maximum absolute atomic E-state index is 13.0. The Morgan fingerprint density at radius 2 is 1.70 bits per heavy atom. The Bertz CT molecular complexity index is 1280. The van der Waals surface area contributed by atoms with Crippen LogP contribution in [0, 0.1) is 6.92 Å². The lowest BCUT2D eigenvalue weighted by molar-refractivity contribution is -0.130. The van der Waals surface area contributed by atoms with E-state index >= 15 is 0 Å². The van der Waals surface area contributed by atoms with Crippen LogP contribution in [0.5, 0.6) is 0 Å². The third-order valence-electron chi connectivity index (χ3n) is 6.00. The smallest absolute Gasteiger partial charge is 0.227 e. The number of piperazine rings is 1. The van der Waals surface area contributed by atoms with Crippen LogP contribution in [0.3, 0.4) is 0 Å². The monoisotopic (exact) mass is 438 g/mol. The van der Waals surface area contributed by atoms with Gasteiger partial charge in [-0.2, -0.15) is 0 Å². The van der Waals surface area contributed by atoms with E-state index in [4.69, 9.17) is 0 Å². The number of fused-ring (bicyclic) bond motifs is 1. The molecule has 0 aliphatic carbocycles. The zero-order valence-corrected chi connectivity index (χ0v) is 18.6. The molecule has 166 valence electrons. The van der Waals surface area contributed by atoms with Crippen LogP contribution >= 0.6 is 0 Å². The minimum atomic E-state index is 0.168. The molecule has 1 aliphatic rings. The van der Waals surface area contributed by atoms with Gasteiger partial charge in [-0.1, -0.05) is 42.5 Å². The van der Waals surface area contributed by atoms with Crippen molar-refractivity contribution in [2.24, 2.45) is 0 Å². The summed E-state index contributed by atoms with van der Waals surface area (Å²) < 4.78 is 0. The van der Waals surface area contributed by atoms with Crippen LogP contribution in [0.2, 0.25) is 0 Å². The fourth-order valence-corrected chi connectivity index (χ4v) is 4.23. The zero-order chi connectivity index (χ0) is 22.6. The number of aromatic nitrogens is 3. The average Bonchev–Trinajstić information content (AvgIpc) is 2.85. The summed E-state index contributed by atoms with van der Waals surface area (Å²) in [5, 5.41) is 5.56. The van der Waals surface area contributed by atoms with E-state index in [0.29, 0.717) is 25.3 Å². The Hall–Kier alpha value is -4.00. The molecule has 33 heavy (non-hydrogen) atoms. The molecule has 5 rings (SSSR count). The Kier molecular flexibility index (Phi) is 5.85. The summed E-state index contributed by atoms with van der Waals surface area (Å²) in [6.45, 7) is 4.85. The normalized spacial score (nSPS) is 13.8. The first-order valence-electron chi connectivity index (χ1n) is 11.2. The number of aryl methyl sites for hydroxylation is 1. The van der Waals surface area contributed by atoms with Crippen molar-refractivity contribution in [2.75, 3.05) is 36.4 Å². The van der Waals surface area contributed by atoms with E-state index in [0.717, 1.165) is 41.2 Å². The van der Waals surface area contributed by atoms with Crippen molar-refractivity contribution in [1.82, 2.24) is 19.9 Å². The van der Waals surface area contributed by atoms with Gasteiger partial charge >= 0.3 is 0 Å². The summed E-state index contributed by atoms with van der Waals surface area (Å²) in [6, 6.07) is 20.2. The van der Waals surface area contributed by atoms with Crippen molar-refractivity contribution in [2.45, 2.75) is 13.3 Å². The Labute approximate surface area is 193 Å².